The third kappa shape index (κ3) is 6.18. The van der Waals surface area contributed by atoms with Crippen molar-refractivity contribution in [3.63, 3.8) is 0 Å². The lowest BCUT2D eigenvalue weighted by molar-refractivity contribution is 0.0693. The molecule has 0 spiro atoms. The standard InChI is InChI=1S/C28H32O7/c1-31-23-13-9-19(15-25(23)33-3)7-11-21-17-27(35-5)26(34-4)16-20(21)10-6-18-8-12-22(28(29)30)24(14-18)32-2/h8-9,12-17H,6-7,10-11H2,1-5H3,(H,29,30). The van der Waals surface area contributed by atoms with Gasteiger partial charge in [0, 0.05) is 0 Å². The van der Waals surface area contributed by atoms with Crippen molar-refractivity contribution in [2.24, 2.45) is 0 Å². The van der Waals surface area contributed by atoms with Crippen LogP contribution in [0.1, 0.15) is 32.6 Å². The molecule has 0 unspecified atom stereocenters. The summed E-state index contributed by atoms with van der Waals surface area (Å²) in [6, 6.07) is 15.2. The maximum Gasteiger partial charge on any atom is 0.339 e. The highest BCUT2D eigenvalue weighted by atomic mass is 16.5. The van der Waals surface area contributed by atoms with Crippen LogP contribution >= 0.6 is 0 Å². The van der Waals surface area contributed by atoms with E-state index in [4.69, 9.17) is 23.7 Å². The van der Waals surface area contributed by atoms with E-state index in [9.17, 15) is 9.90 Å². The molecule has 0 aromatic heterocycles. The first-order valence-corrected chi connectivity index (χ1v) is 11.3. The molecule has 0 amide bonds. The van der Waals surface area contributed by atoms with Gasteiger partial charge in [-0.1, -0.05) is 12.1 Å². The van der Waals surface area contributed by atoms with Crippen molar-refractivity contribution in [2.45, 2.75) is 25.7 Å². The van der Waals surface area contributed by atoms with Gasteiger partial charge in [0.2, 0.25) is 0 Å². The van der Waals surface area contributed by atoms with E-state index in [2.05, 4.69) is 0 Å². The minimum atomic E-state index is -1.01. The predicted octanol–water partition coefficient (Wildman–Crippen LogP) is 5.00. The number of benzene rings is 3. The number of hydrogen-bond acceptors (Lipinski definition) is 6. The number of aromatic carboxylic acids is 1. The van der Waals surface area contributed by atoms with Crippen LogP contribution < -0.4 is 23.7 Å². The number of carboxylic acid groups (broad SMARTS) is 1. The maximum atomic E-state index is 11.4. The molecular formula is C28H32O7. The molecule has 0 radical (unpaired) electrons. The monoisotopic (exact) mass is 480 g/mol. The predicted molar refractivity (Wildman–Crippen MR) is 134 cm³/mol. The molecule has 186 valence electrons. The normalized spacial score (nSPS) is 10.5. The Labute approximate surface area is 206 Å². The fourth-order valence-corrected chi connectivity index (χ4v) is 4.09. The highest BCUT2D eigenvalue weighted by molar-refractivity contribution is 5.91. The van der Waals surface area contributed by atoms with Crippen LogP contribution in [-0.4, -0.2) is 46.6 Å². The summed E-state index contributed by atoms with van der Waals surface area (Å²) in [7, 11) is 7.99. The second-order valence-electron chi connectivity index (χ2n) is 8.01. The smallest absolute Gasteiger partial charge is 0.339 e. The Bertz CT molecular complexity index is 1170. The Hall–Kier alpha value is -3.87. The van der Waals surface area contributed by atoms with Crippen molar-refractivity contribution in [1.29, 1.82) is 0 Å². The molecule has 3 aromatic rings. The number of hydrogen-bond donors (Lipinski definition) is 1. The summed E-state index contributed by atoms with van der Waals surface area (Å²) in [6.07, 6.45) is 3.07. The number of methoxy groups -OCH3 is 5. The summed E-state index contributed by atoms with van der Waals surface area (Å²) in [4.78, 5) is 11.4. The van der Waals surface area contributed by atoms with E-state index in [1.54, 1.807) is 40.6 Å². The third-order valence-corrected chi connectivity index (χ3v) is 6.02. The summed E-state index contributed by atoms with van der Waals surface area (Å²) >= 11 is 0. The van der Waals surface area contributed by atoms with Crippen LogP contribution in [0.3, 0.4) is 0 Å². The molecule has 7 heteroatoms. The Morgan fingerprint density at radius 3 is 1.46 bits per heavy atom. The zero-order valence-electron chi connectivity index (χ0n) is 20.8. The quantitative estimate of drug-likeness (QED) is 0.391. The molecule has 35 heavy (non-hydrogen) atoms. The van der Waals surface area contributed by atoms with Gasteiger partial charge >= 0.3 is 5.97 Å². The van der Waals surface area contributed by atoms with Crippen LogP contribution in [0.2, 0.25) is 0 Å². The molecular weight excluding hydrogens is 448 g/mol. The fourth-order valence-electron chi connectivity index (χ4n) is 4.09. The van der Waals surface area contributed by atoms with E-state index in [-0.39, 0.29) is 5.56 Å². The Balaban J connectivity index is 1.85. The molecule has 3 aromatic carbocycles. The molecule has 1 N–H and O–H groups in total. The average molecular weight is 481 g/mol. The molecule has 0 saturated carbocycles. The van der Waals surface area contributed by atoms with Crippen LogP contribution in [0, 0.1) is 0 Å². The molecule has 0 aliphatic rings. The number of rotatable bonds is 12. The van der Waals surface area contributed by atoms with Gasteiger partial charge in [-0.3, -0.25) is 0 Å². The molecule has 3 rings (SSSR count). The molecule has 0 fully saturated rings. The number of ether oxygens (including phenoxy) is 5. The van der Waals surface area contributed by atoms with Crippen molar-refractivity contribution in [3.8, 4) is 28.7 Å². The minimum absolute atomic E-state index is 0.151. The largest absolute Gasteiger partial charge is 0.496 e. The second kappa shape index (κ2) is 12.0. The lowest BCUT2D eigenvalue weighted by Gasteiger charge is -2.16. The first-order chi connectivity index (χ1) is 16.9. The van der Waals surface area contributed by atoms with Crippen molar-refractivity contribution >= 4 is 5.97 Å². The SMILES string of the molecule is COc1ccc(CCc2cc(OC)c(OC)cc2CCc2ccc(C(=O)O)c(OC)c2)cc1OC. The van der Waals surface area contributed by atoms with Gasteiger partial charge in [-0.05, 0) is 84.3 Å². The van der Waals surface area contributed by atoms with E-state index in [1.165, 1.54) is 7.11 Å². The van der Waals surface area contributed by atoms with Gasteiger partial charge in [0.05, 0.1) is 35.5 Å². The Kier molecular flexibility index (Phi) is 8.84. The van der Waals surface area contributed by atoms with Gasteiger partial charge in [-0.15, -0.1) is 0 Å². The summed E-state index contributed by atoms with van der Waals surface area (Å²) in [5.41, 5.74) is 4.58. The average Bonchev–Trinajstić information content (AvgIpc) is 2.89. The Morgan fingerprint density at radius 2 is 1.00 bits per heavy atom. The van der Waals surface area contributed by atoms with Gasteiger partial charge in [0.1, 0.15) is 11.3 Å². The van der Waals surface area contributed by atoms with Gasteiger partial charge in [0.25, 0.3) is 0 Å². The highest BCUT2D eigenvalue weighted by Gasteiger charge is 2.15. The fraction of sp³-hybridized carbons (Fsp3) is 0.321. The van der Waals surface area contributed by atoms with E-state index in [1.807, 2.05) is 36.4 Å². The maximum absolute atomic E-state index is 11.4. The zero-order chi connectivity index (χ0) is 25.4. The third-order valence-electron chi connectivity index (χ3n) is 6.02. The first-order valence-electron chi connectivity index (χ1n) is 11.3. The van der Waals surface area contributed by atoms with Crippen LogP contribution in [0.5, 0.6) is 28.7 Å². The summed E-state index contributed by atoms with van der Waals surface area (Å²) in [5, 5.41) is 9.33. The lowest BCUT2D eigenvalue weighted by atomic mass is 9.94. The van der Waals surface area contributed by atoms with E-state index >= 15 is 0 Å². The van der Waals surface area contributed by atoms with Crippen LogP contribution in [0.15, 0.2) is 48.5 Å². The van der Waals surface area contributed by atoms with Gasteiger partial charge in [-0.25, -0.2) is 4.79 Å². The van der Waals surface area contributed by atoms with Crippen molar-refractivity contribution < 1.29 is 33.6 Å². The highest BCUT2D eigenvalue weighted by Crippen LogP contribution is 2.33. The van der Waals surface area contributed by atoms with Gasteiger partial charge < -0.3 is 28.8 Å². The van der Waals surface area contributed by atoms with Crippen molar-refractivity contribution in [3.05, 3.63) is 76.3 Å². The van der Waals surface area contributed by atoms with E-state index < -0.39 is 5.97 Å². The van der Waals surface area contributed by atoms with Crippen molar-refractivity contribution in [1.82, 2.24) is 0 Å². The molecule has 0 saturated heterocycles. The van der Waals surface area contributed by atoms with Gasteiger partial charge in [-0.2, -0.15) is 0 Å². The molecule has 0 atom stereocenters. The minimum Gasteiger partial charge on any atom is -0.496 e. The summed E-state index contributed by atoms with van der Waals surface area (Å²) in [6.45, 7) is 0. The number of aryl methyl sites for hydroxylation is 4. The first kappa shape index (κ1) is 25.7. The lowest BCUT2D eigenvalue weighted by Crippen LogP contribution is -2.04. The molecule has 0 heterocycles. The van der Waals surface area contributed by atoms with Crippen LogP contribution in [-0.2, 0) is 25.7 Å². The number of carboxylic acids is 1. The van der Waals surface area contributed by atoms with Gasteiger partial charge in [0.15, 0.2) is 23.0 Å². The topological polar surface area (TPSA) is 83.5 Å². The number of carbonyl (C=O) groups is 1. The molecule has 0 bridgehead atoms. The van der Waals surface area contributed by atoms with Crippen LogP contribution in [0.4, 0.5) is 0 Å². The van der Waals surface area contributed by atoms with Crippen LogP contribution in [0.25, 0.3) is 0 Å². The van der Waals surface area contributed by atoms with E-state index in [0.717, 1.165) is 47.9 Å². The second-order valence-corrected chi connectivity index (χ2v) is 8.01. The molecule has 0 aliphatic heterocycles. The van der Waals surface area contributed by atoms with Crippen molar-refractivity contribution in [2.75, 3.05) is 35.5 Å². The zero-order valence-corrected chi connectivity index (χ0v) is 20.8. The Morgan fingerprint density at radius 1 is 0.571 bits per heavy atom. The van der Waals surface area contributed by atoms with E-state index in [0.29, 0.717) is 28.7 Å². The summed E-state index contributed by atoms with van der Waals surface area (Å²) in [5.74, 6) is 2.12. The summed E-state index contributed by atoms with van der Waals surface area (Å²) < 4.78 is 27.1. The molecule has 7 nitrogen and oxygen atoms in total. The molecule has 0 aliphatic carbocycles.